The number of hydrogen-bond acceptors (Lipinski definition) is 3. The molecule has 3 heterocycles. The summed E-state index contributed by atoms with van der Waals surface area (Å²) in [5, 5.41) is 9.10. The maximum absolute atomic E-state index is 6.51. The number of aromatic nitrogens is 3. The molecule has 12 rings (SSSR count). The zero-order valence-electron chi connectivity index (χ0n) is 31.3. The maximum atomic E-state index is 6.51. The molecule has 0 atom stereocenters. The highest BCUT2D eigenvalue weighted by Crippen LogP contribution is 2.41. The third kappa shape index (κ3) is 5.02. The van der Waals surface area contributed by atoms with Gasteiger partial charge in [-0.1, -0.05) is 182 Å². The molecule has 0 aliphatic heterocycles. The summed E-state index contributed by atoms with van der Waals surface area (Å²) >= 11 is 0. The van der Waals surface area contributed by atoms with Gasteiger partial charge in [-0.25, -0.2) is 4.98 Å². The first-order valence-corrected chi connectivity index (χ1v) is 19.7. The zero-order valence-corrected chi connectivity index (χ0v) is 31.3. The highest BCUT2D eigenvalue weighted by atomic mass is 16.3. The molecule has 0 spiro atoms. The number of benzene rings is 9. The van der Waals surface area contributed by atoms with Crippen molar-refractivity contribution in [2.75, 3.05) is 0 Å². The molecule has 0 N–H and O–H groups in total. The summed E-state index contributed by atoms with van der Waals surface area (Å²) in [5.74, 6) is 0.573. The Bertz CT molecular complexity index is 3540. The first kappa shape index (κ1) is 32.4. The third-order valence-corrected chi connectivity index (χ3v) is 11.7. The largest absolute Gasteiger partial charge is 0.437 e. The monoisotopic (exact) mass is 739 g/mol. The van der Waals surface area contributed by atoms with Gasteiger partial charge >= 0.3 is 0 Å². The van der Waals surface area contributed by atoms with Crippen LogP contribution < -0.4 is 0 Å². The van der Waals surface area contributed by atoms with Crippen LogP contribution in [0.1, 0.15) is 0 Å². The van der Waals surface area contributed by atoms with E-state index in [0.717, 1.165) is 49.6 Å². The normalized spacial score (nSPS) is 11.8. The van der Waals surface area contributed by atoms with E-state index in [0.29, 0.717) is 11.7 Å². The Morgan fingerprint density at radius 1 is 0.345 bits per heavy atom. The standard InChI is InChI=1S/C54H33N3O/c1-2-12-34(13-3-1)35-24-26-37(27-25-35)41-20-10-15-39-16-11-21-42(49(39)41)38-28-30-40(31-29-38)52-51-45-19-7-9-23-48(45)58-53(51)56-54(55-52)57-46-22-8-6-18-44(46)50-43-17-5-4-14-36(43)32-33-47(50)57/h1-33H. The Morgan fingerprint density at radius 3 is 1.69 bits per heavy atom. The minimum Gasteiger partial charge on any atom is -0.437 e. The molecular weight excluding hydrogens is 707 g/mol. The van der Waals surface area contributed by atoms with Crippen molar-refractivity contribution >= 4 is 65.4 Å². The summed E-state index contributed by atoms with van der Waals surface area (Å²) in [6.45, 7) is 0. The van der Waals surface area contributed by atoms with Crippen molar-refractivity contribution in [3.63, 3.8) is 0 Å². The number of hydrogen-bond donors (Lipinski definition) is 0. The topological polar surface area (TPSA) is 43.9 Å². The number of fused-ring (bicyclic) bond motifs is 9. The van der Waals surface area contributed by atoms with Crippen molar-refractivity contribution in [3.8, 4) is 50.6 Å². The average Bonchev–Trinajstić information content (AvgIpc) is 3.85. The lowest BCUT2D eigenvalue weighted by molar-refractivity contribution is 0.651. The number of para-hydroxylation sites is 2. The van der Waals surface area contributed by atoms with Gasteiger partial charge in [-0.05, 0) is 73.1 Å². The lowest BCUT2D eigenvalue weighted by Gasteiger charge is -2.14. The van der Waals surface area contributed by atoms with Crippen molar-refractivity contribution in [2.24, 2.45) is 0 Å². The lowest BCUT2D eigenvalue weighted by Crippen LogP contribution is -2.02. The number of furan rings is 1. The van der Waals surface area contributed by atoms with Gasteiger partial charge in [0.25, 0.3) is 0 Å². The molecule has 0 saturated heterocycles. The molecule has 4 heteroatoms. The van der Waals surface area contributed by atoms with E-state index in [9.17, 15) is 0 Å². The molecule has 0 fully saturated rings. The van der Waals surface area contributed by atoms with Gasteiger partial charge in [0.05, 0.1) is 22.1 Å². The predicted octanol–water partition coefficient (Wildman–Crippen LogP) is 14.4. The Labute approximate surface area is 333 Å². The van der Waals surface area contributed by atoms with Crippen molar-refractivity contribution < 1.29 is 4.42 Å². The summed E-state index contributed by atoms with van der Waals surface area (Å²) in [4.78, 5) is 10.6. The summed E-state index contributed by atoms with van der Waals surface area (Å²) in [7, 11) is 0. The highest BCUT2D eigenvalue weighted by molar-refractivity contribution is 6.21. The molecular formula is C54H33N3O. The smallest absolute Gasteiger partial charge is 0.238 e. The van der Waals surface area contributed by atoms with Crippen LogP contribution in [0.5, 0.6) is 0 Å². The minimum absolute atomic E-state index is 0.564. The molecule has 0 amide bonds. The van der Waals surface area contributed by atoms with Gasteiger partial charge in [-0.2, -0.15) is 4.98 Å². The van der Waals surface area contributed by atoms with Gasteiger partial charge < -0.3 is 4.42 Å². The minimum atomic E-state index is 0.564. The van der Waals surface area contributed by atoms with Gasteiger partial charge in [0, 0.05) is 21.7 Å². The van der Waals surface area contributed by atoms with Crippen LogP contribution in [-0.2, 0) is 0 Å². The maximum Gasteiger partial charge on any atom is 0.238 e. The Morgan fingerprint density at radius 2 is 0.931 bits per heavy atom. The van der Waals surface area contributed by atoms with E-state index < -0.39 is 0 Å². The zero-order chi connectivity index (χ0) is 38.2. The molecule has 12 aromatic rings. The molecule has 0 radical (unpaired) electrons. The van der Waals surface area contributed by atoms with Crippen LogP contribution in [0.3, 0.4) is 0 Å². The first-order valence-electron chi connectivity index (χ1n) is 19.7. The van der Waals surface area contributed by atoms with Crippen LogP contribution in [0.25, 0.3) is 116 Å². The molecule has 3 aromatic heterocycles. The van der Waals surface area contributed by atoms with Crippen molar-refractivity contribution in [1.82, 2.24) is 14.5 Å². The van der Waals surface area contributed by atoms with Gasteiger partial charge in [-0.3, -0.25) is 4.57 Å². The molecule has 9 aromatic carbocycles. The fourth-order valence-corrected chi connectivity index (χ4v) is 8.98. The second kappa shape index (κ2) is 12.9. The van der Waals surface area contributed by atoms with Crippen molar-refractivity contribution in [2.45, 2.75) is 0 Å². The van der Waals surface area contributed by atoms with Crippen LogP contribution >= 0.6 is 0 Å². The van der Waals surface area contributed by atoms with E-state index in [4.69, 9.17) is 14.4 Å². The predicted molar refractivity (Wildman–Crippen MR) is 240 cm³/mol. The second-order valence-electron chi connectivity index (χ2n) is 14.9. The summed E-state index contributed by atoms with van der Waals surface area (Å²) in [6, 6.07) is 71.1. The van der Waals surface area contributed by atoms with E-state index in [2.05, 4.69) is 187 Å². The van der Waals surface area contributed by atoms with Gasteiger partial charge in [0.1, 0.15) is 5.58 Å². The van der Waals surface area contributed by atoms with Crippen molar-refractivity contribution in [3.05, 3.63) is 200 Å². The molecule has 4 nitrogen and oxygen atoms in total. The fraction of sp³-hybridized carbons (Fsp3) is 0. The third-order valence-electron chi connectivity index (χ3n) is 11.7. The molecule has 58 heavy (non-hydrogen) atoms. The van der Waals surface area contributed by atoms with E-state index >= 15 is 0 Å². The van der Waals surface area contributed by atoms with Crippen LogP contribution in [0.4, 0.5) is 0 Å². The Balaban J connectivity index is 1.03. The Kier molecular flexibility index (Phi) is 7.20. The quantitative estimate of drug-likeness (QED) is 0.177. The van der Waals surface area contributed by atoms with Crippen LogP contribution in [-0.4, -0.2) is 14.5 Å². The molecule has 0 saturated carbocycles. The number of rotatable bonds is 5. The van der Waals surface area contributed by atoms with Crippen LogP contribution in [0.15, 0.2) is 205 Å². The van der Waals surface area contributed by atoms with E-state index in [1.54, 1.807) is 0 Å². The second-order valence-corrected chi connectivity index (χ2v) is 14.9. The molecule has 0 bridgehead atoms. The van der Waals surface area contributed by atoms with Gasteiger partial charge in [0.2, 0.25) is 11.7 Å². The Hall–Kier alpha value is -7.82. The van der Waals surface area contributed by atoms with Crippen molar-refractivity contribution in [1.29, 1.82) is 0 Å². The number of nitrogens with zero attached hydrogens (tertiary/aromatic N) is 3. The average molecular weight is 740 g/mol. The highest BCUT2D eigenvalue weighted by Gasteiger charge is 2.22. The van der Waals surface area contributed by atoms with Crippen LogP contribution in [0.2, 0.25) is 0 Å². The fourth-order valence-electron chi connectivity index (χ4n) is 8.98. The summed E-state index contributed by atoms with van der Waals surface area (Å²) < 4.78 is 8.70. The lowest BCUT2D eigenvalue weighted by atomic mass is 9.90. The molecule has 0 unspecified atom stereocenters. The van der Waals surface area contributed by atoms with E-state index in [1.165, 1.54) is 54.7 Å². The first-order chi connectivity index (χ1) is 28.8. The van der Waals surface area contributed by atoms with Crippen LogP contribution in [0, 0.1) is 0 Å². The summed E-state index contributed by atoms with van der Waals surface area (Å²) in [6.07, 6.45) is 0. The van der Waals surface area contributed by atoms with Gasteiger partial charge in [-0.15, -0.1) is 0 Å². The summed E-state index contributed by atoms with van der Waals surface area (Å²) in [5.41, 5.74) is 12.4. The molecule has 270 valence electrons. The molecule has 0 aliphatic rings. The SMILES string of the molecule is c1ccc(-c2ccc(-c3cccc4cccc(-c5ccc(-c6nc(-n7c8ccccc8c8c9ccccc9ccc87)nc7oc8ccccc8c67)cc5)c34)cc2)cc1. The van der Waals surface area contributed by atoms with Gasteiger partial charge in [0.15, 0.2) is 0 Å². The van der Waals surface area contributed by atoms with E-state index in [1.807, 2.05) is 18.2 Å². The molecule has 0 aliphatic carbocycles. The van der Waals surface area contributed by atoms with E-state index in [-0.39, 0.29) is 0 Å².